The fraction of sp³-hybridized carbons (Fsp3) is 0.0435. The van der Waals surface area contributed by atoms with E-state index in [1.807, 2.05) is 0 Å². The van der Waals surface area contributed by atoms with Gasteiger partial charge in [-0.3, -0.25) is 19.7 Å². The van der Waals surface area contributed by atoms with E-state index in [2.05, 4.69) is 5.32 Å². The third-order valence-electron chi connectivity index (χ3n) is 4.89. The summed E-state index contributed by atoms with van der Waals surface area (Å²) in [6.07, 6.45) is 0. The van der Waals surface area contributed by atoms with Gasteiger partial charge in [0.1, 0.15) is 17.3 Å². The Balaban J connectivity index is 1.79. The SMILES string of the molecule is COc1ccc(N2C(=O)C(Nc3ccc(F)cc3)=C(c3ccc([N+](=O)[O-])cc3)C2=O)cc1. The summed E-state index contributed by atoms with van der Waals surface area (Å²) in [4.78, 5) is 38.0. The maximum Gasteiger partial charge on any atom is 0.282 e. The lowest BCUT2D eigenvalue weighted by Gasteiger charge is -2.16. The number of carbonyl (C=O) groups excluding carboxylic acids is 2. The van der Waals surface area contributed by atoms with E-state index in [1.165, 1.54) is 55.6 Å². The van der Waals surface area contributed by atoms with E-state index < -0.39 is 22.6 Å². The molecule has 0 saturated carbocycles. The van der Waals surface area contributed by atoms with Crippen LogP contribution in [0, 0.1) is 15.9 Å². The molecule has 4 rings (SSSR count). The Bertz CT molecular complexity index is 1240. The van der Waals surface area contributed by atoms with E-state index in [1.54, 1.807) is 24.3 Å². The molecule has 0 spiro atoms. The molecule has 3 aromatic carbocycles. The number of nitrogens with zero attached hydrogens (tertiary/aromatic N) is 2. The van der Waals surface area contributed by atoms with Gasteiger partial charge >= 0.3 is 0 Å². The number of ether oxygens (including phenoxy) is 1. The van der Waals surface area contributed by atoms with Crippen LogP contribution in [0.3, 0.4) is 0 Å². The summed E-state index contributed by atoms with van der Waals surface area (Å²) < 4.78 is 18.4. The Morgan fingerprint density at radius 1 is 0.906 bits per heavy atom. The van der Waals surface area contributed by atoms with Gasteiger partial charge in [0.25, 0.3) is 17.5 Å². The number of hydrogen-bond donors (Lipinski definition) is 1. The number of hydrogen-bond acceptors (Lipinski definition) is 6. The van der Waals surface area contributed by atoms with Crippen LogP contribution in [0.25, 0.3) is 5.57 Å². The minimum Gasteiger partial charge on any atom is -0.497 e. The molecule has 9 heteroatoms. The van der Waals surface area contributed by atoms with Gasteiger partial charge in [0.05, 0.1) is 23.3 Å². The van der Waals surface area contributed by atoms with Crippen molar-refractivity contribution in [1.29, 1.82) is 0 Å². The molecular formula is C23H16FN3O5. The number of nitro benzene ring substituents is 1. The molecule has 2 amide bonds. The van der Waals surface area contributed by atoms with Crippen molar-refractivity contribution < 1.29 is 23.6 Å². The monoisotopic (exact) mass is 433 g/mol. The zero-order valence-corrected chi connectivity index (χ0v) is 16.7. The second-order valence-corrected chi connectivity index (χ2v) is 6.83. The second-order valence-electron chi connectivity index (χ2n) is 6.83. The van der Waals surface area contributed by atoms with Crippen LogP contribution in [0.5, 0.6) is 5.75 Å². The van der Waals surface area contributed by atoms with Crippen LogP contribution < -0.4 is 15.0 Å². The Kier molecular flexibility index (Phi) is 5.38. The van der Waals surface area contributed by atoms with Gasteiger partial charge in [0.15, 0.2) is 0 Å². The Morgan fingerprint density at radius 3 is 2.09 bits per heavy atom. The van der Waals surface area contributed by atoms with Crippen LogP contribution in [0.2, 0.25) is 0 Å². The first-order valence-electron chi connectivity index (χ1n) is 9.43. The average Bonchev–Trinajstić information content (AvgIpc) is 3.04. The van der Waals surface area contributed by atoms with Crippen molar-refractivity contribution in [3.05, 3.63) is 100.0 Å². The van der Waals surface area contributed by atoms with E-state index in [4.69, 9.17) is 4.74 Å². The van der Waals surface area contributed by atoms with E-state index in [9.17, 15) is 24.1 Å². The maximum atomic E-state index is 13.3. The molecule has 0 aromatic heterocycles. The first-order chi connectivity index (χ1) is 15.4. The first kappa shape index (κ1) is 20.7. The Morgan fingerprint density at radius 2 is 1.53 bits per heavy atom. The number of nitro groups is 1. The number of anilines is 2. The number of imide groups is 1. The minimum absolute atomic E-state index is 0.0220. The Hall–Kier alpha value is -4.53. The van der Waals surface area contributed by atoms with Gasteiger partial charge in [0, 0.05) is 17.8 Å². The lowest BCUT2D eigenvalue weighted by atomic mass is 10.0. The molecule has 1 heterocycles. The number of nitrogens with one attached hydrogen (secondary N) is 1. The first-order valence-corrected chi connectivity index (χ1v) is 9.43. The van der Waals surface area contributed by atoms with E-state index in [0.717, 1.165) is 4.90 Å². The predicted octanol–water partition coefficient (Wildman–Crippen LogP) is 4.14. The smallest absolute Gasteiger partial charge is 0.282 e. The molecule has 0 radical (unpaired) electrons. The van der Waals surface area contributed by atoms with Gasteiger partial charge in [-0.2, -0.15) is 0 Å². The summed E-state index contributed by atoms with van der Waals surface area (Å²) in [7, 11) is 1.50. The number of non-ortho nitro benzene ring substituents is 1. The summed E-state index contributed by atoms with van der Waals surface area (Å²) in [5.74, 6) is -1.11. The normalized spacial score (nSPS) is 13.5. The molecule has 32 heavy (non-hydrogen) atoms. The lowest BCUT2D eigenvalue weighted by molar-refractivity contribution is -0.384. The number of methoxy groups -OCH3 is 1. The minimum atomic E-state index is -0.613. The summed E-state index contributed by atoms with van der Waals surface area (Å²) in [6.45, 7) is 0. The number of halogens is 1. The number of carbonyl (C=O) groups is 2. The second kappa shape index (κ2) is 8.31. The van der Waals surface area contributed by atoms with Crippen LogP contribution >= 0.6 is 0 Å². The molecular weight excluding hydrogens is 417 g/mol. The third kappa shape index (κ3) is 3.79. The highest BCUT2D eigenvalue weighted by Gasteiger charge is 2.40. The van der Waals surface area contributed by atoms with Crippen LogP contribution in [0.15, 0.2) is 78.5 Å². The van der Waals surface area contributed by atoms with Crippen molar-refractivity contribution >= 4 is 34.4 Å². The molecule has 160 valence electrons. The summed E-state index contributed by atoms with van der Waals surface area (Å²) in [5.41, 5.74) is 0.937. The molecule has 1 aliphatic heterocycles. The summed E-state index contributed by atoms with van der Waals surface area (Å²) in [5, 5.41) is 13.9. The highest BCUT2D eigenvalue weighted by Crippen LogP contribution is 2.35. The number of benzene rings is 3. The highest BCUT2D eigenvalue weighted by molar-refractivity contribution is 6.46. The summed E-state index contributed by atoms with van der Waals surface area (Å²) >= 11 is 0. The van der Waals surface area contributed by atoms with Crippen molar-refractivity contribution in [1.82, 2.24) is 0 Å². The van der Waals surface area contributed by atoms with Gasteiger partial charge in [0.2, 0.25) is 0 Å². The summed E-state index contributed by atoms with van der Waals surface area (Å²) in [6, 6.07) is 17.0. The van der Waals surface area contributed by atoms with Gasteiger partial charge in [-0.1, -0.05) is 0 Å². The van der Waals surface area contributed by atoms with Gasteiger partial charge in [-0.25, -0.2) is 9.29 Å². The molecule has 0 bridgehead atoms. The van der Waals surface area contributed by atoms with E-state index >= 15 is 0 Å². The largest absolute Gasteiger partial charge is 0.497 e. The topological polar surface area (TPSA) is 102 Å². The molecule has 0 fully saturated rings. The van der Waals surface area contributed by atoms with E-state index in [-0.39, 0.29) is 17.0 Å². The van der Waals surface area contributed by atoms with Crippen molar-refractivity contribution in [3.8, 4) is 5.75 Å². The predicted molar refractivity (Wildman–Crippen MR) is 116 cm³/mol. The number of amides is 2. The fourth-order valence-electron chi connectivity index (χ4n) is 3.31. The van der Waals surface area contributed by atoms with Crippen molar-refractivity contribution in [2.75, 3.05) is 17.3 Å². The molecule has 8 nitrogen and oxygen atoms in total. The van der Waals surface area contributed by atoms with Gasteiger partial charge < -0.3 is 10.1 Å². The van der Waals surface area contributed by atoms with Crippen LogP contribution in [0.4, 0.5) is 21.5 Å². The third-order valence-corrected chi connectivity index (χ3v) is 4.89. The van der Waals surface area contributed by atoms with Crippen molar-refractivity contribution in [2.24, 2.45) is 0 Å². The van der Waals surface area contributed by atoms with E-state index in [0.29, 0.717) is 22.7 Å². The molecule has 1 aliphatic rings. The molecule has 0 unspecified atom stereocenters. The average molecular weight is 433 g/mol. The van der Waals surface area contributed by atoms with Gasteiger partial charge in [-0.05, 0) is 66.2 Å². The molecule has 0 atom stereocenters. The zero-order chi connectivity index (χ0) is 22.8. The molecule has 0 aliphatic carbocycles. The quantitative estimate of drug-likeness (QED) is 0.356. The van der Waals surface area contributed by atoms with Crippen LogP contribution in [-0.2, 0) is 9.59 Å². The van der Waals surface area contributed by atoms with Crippen LogP contribution in [-0.4, -0.2) is 23.8 Å². The molecule has 3 aromatic rings. The van der Waals surface area contributed by atoms with Crippen molar-refractivity contribution in [2.45, 2.75) is 0 Å². The highest BCUT2D eigenvalue weighted by atomic mass is 19.1. The van der Waals surface area contributed by atoms with Gasteiger partial charge in [-0.15, -0.1) is 0 Å². The lowest BCUT2D eigenvalue weighted by Crippen LogP contribution is -2.32. The molecule has 1 N–H and O–H groups in total. The standard InChI is InChI=1S/C23H16FN3O5/c1-32-19-12-10-17(11-13-19)26-22(28)20(14-2-8-18(9-3-14)27(30)31)21(23(26)29)25-16-6-4-15(24)5-7-16/h2-13,25H,1H3. The van der Waals surface area contributed by atoms with Crippen LogP contribution in [0.1, 0.15) is 5.56 Å². The zero-order valence-electron chi connectivity index (χ0n) is 16.7. The molecule has 0 saturated heterocycles. The fourth-order valence-corrected chi connectivity index (χ4v) is 3.31. The van der Waals surface area contributed by atoms with Crippen molar-refractivity contribution in [3.63, 3.8) is 0 Å². The number of rotatable bonds is 6. The maximum absolute atomic E-state index is 13.3. The Labute approximate surface area is 181 Å².